The highest BCUT2D eigenvalue weighted by Gasteiger charge is 2.23. The fraction of sp³-hybridized carbons (Fsp3) is 0.273. The molecule has 0 saturated carbocycles. The Hall–Kier alpha value is -2.88. The van der Waals surface area contributed by atoms with Gasteiger partial charge in [-0.2, -0.15) is 5.10 Å². The number of amides is 1. The minimum absolute atomic E-state index is 0.0250. The average molecular weight is 345 g/mol. The van der Waals surface area contributed by atoms with Gasteiger partial charge in [0.15, 0.2) is 0 Å². The minimum atomic E-state index is 0.0250. The van der Waals surface area contributed by atoms with E-state index in [0.29, 0.717) is 12.1 Å². The highest BCUT2D eigenvalue weighted by molar-refractivity contribution is 6.00. The van der Waals surface area contributed by atoms with Crippen LogP contribution in [-0.4, -0.2) is 28.1 Å². The maximum absolute atomic E-state index is 13.1. The molecule has 0 spiro atoms. The highest BCUT2D eigenvalue weighted by atomic mass is 16.2. The molecule has 26 heavy (non-hydrogen) atoms. The number of aromatic nitrogens is 2. The molecule has 0 aliphatic heterocycles. The molecular weight excluding hydrogens is 322 g/mol. The van der Waals surface area contributed by atoms with E-state index in [1.807, 2.05) is 61.6 Å². The van der Waals surface area contributed by atoms with E-state index in [9.17, 15) is 4.79 Å². The van der Waals surface area contributed by atoms with Gasteiger partial charge in [-0.1, -0.05) is 48.5 Å². The van der Waals surface area contributed by atoms with Crippen LogP contribution in [0.5, 0.6) is 0 Å². The lowest BCUT2D eigenvalue weighted by Crippen LogP contribution is -2.26. The summed E-state index contributed by atoms with van der Waals surface area (Å²) in [5.74, 6) is 0.0250. The van der Waals surface area contributed by atoms with Crippen molar-refractivity contribution in [2.24, 2.45) is 0 Å². The van der Waals surface area contributed by atoms with Crippen molar-refractivity contribution in [3.05, 3.63) is 77.0 Å². The molecule has 4 rings (SSSR count). The van der Waals surface area contributed by atoms with Crippen molar-refractivity contribution in [1.29, 1.82) is 0 Å². The molecule has 2 aromatic carbocycles. The standard InChI is InChI=1S/C22H23N3O/c1-25(15-16-9-3-2-4-10-16)22(26)18-12-6-5-11-17(18)21-19-13-7-8-14-20(19)23-24-21/h2-6,9-12H,7-8,13-15H2,1H3,(H,23,24). The van der Waals surface area contributed by atoms with Crippen molar-refractivity contribution in [2.45, 2.75) is 32.2 Å². The lowest BCUT2D eigenvalue weighted by molar-refractivity contribution is 0.0786. The molecule has 1 heterocycles. The number of aryl methyl sites for hydroxylation is 1. The Morgan fingerprint density at radius 2 is 1.77 bits per heavy atom. The van der Waals surface area contributed by atoms with Crippen LogP contribution in [0.1, 0.15) is 40.0 Å². The number of nitrogens with zero attached hydrogens (tertiary/aromatic N) is 2. The molecule has 4 heteroatoms. The summed E-state index contributed by atoms with van der Waals surface area (Å²) < 4.78 is 0. The third kappa shape index (κ3) is 3.15. The van der Waals surface area contributed by atoms with Gasteiger partial charge >= 0.3 is 0 Å². The summed E-state index contributed by atoms with van der Waals surface area (Å²) in [5, 5.41) is 7.74. The van der Waals surface area contributed by atoms with Crippen molar-refractivity contribution >= 4 is 5.91 Å². The zero-order chi connectivity index (χ0) is 17.9. The van der Waals surface area contributed by atoms with E-state index in [4.69, 9.17) is 0 Å². The number of rotatable bonds is 4. The van der Waals surface area contributed by atoms with Crippen LogP contribution in [-0.2, 0) is 19.4 Å². The Bertz CT molecular complexity index is 914. The molecule has 0 unspecified atom stereocenters. The largest absolute Gasteiger partial charge is 0.337 e. The minimum Gasteiger partial charge on any atom is -0.337 e. The fourth-order valence-corrected chi connectivity index (χ4v) is 3.71. The van der Waals surface area contributed by atoms with Gasteiger partial charge in [-0.15, -0.1) is 0 Å². The average Bonchev–Trinajstić information content (AvgIpc) is 3.12. The van der Waals surface area contributed by atoms with E-state index in [0.717, 1.165) is 29.7 Å². The van der Waals surface area contributed by atoms with E-state index in [1.54, 1.807) is 4.90 Å². The van der Waals surface area contributed by atoms with Crippen LogP contribution in [0.4, 0.5) is 0 Å². The number of benzene rings is 2. The van der Waals surface area contributed by atoms with Gasteiger partial charge in [0.25, 0.3) is 5.91 Å². The van der Waals surface area contributed by atoms with Crippen LogP contribution in [0, 0.1) is 0 Å². The monoisotopic (exact) mass is 345 g/mol. The van der Waals surface area contributed by atoms with Crippen molar-refractivity contribution in [1.82, 2.24) is 15.1 Å². The van der Waals surface area contributed by atoms with Gasteiger partial charge in [-0.25, -0.2) is 0 Å². The van der Waals surface area contributed by atoms with Crippen molar-refractivity contribution < 1.29 is 4.79 Å². The Morgan fingerprint density at radius 3 is 2.62 bits per heavy atom. The molecule has 1 amide bonds. The van der Waals surface area contributed by atoms with Crippen LogP contribution in [0.25, 0.3) is 11.3 Å². The molecule has 0 bridgehead atoms. The van der Waals surface area contributed by atoms with E-state index >= 15 is 0 Å². The summed E-state index contributed by atoms with van der Waals surface area (Å²) in [6.45, 7) is 0.590. The topological polar surface area (TPSA) is 49.0 Å². The number of hydrogen-bond donors (Lipinski definition) is 1. The summed E-state index contributed by atoms with van der Waals surface area (Å²) in [4.78, 5) is 14.9. The summed E-state index contributed by atoms with van der Waals surface area (Å²) >= 11 is 0. The zero-order valence-electron chi connectivity index (χ0n) is 15.0. The molecule has 1 aliphatic rings. The smallest absolute Gasteiger partial charge is 0.254 e. The lowest BCUT2D eigenvalue weighted by Gasteiger charge is -2.19. The van der Waals surface area contributed by atoms with Crippen molar-refractivity contribution in [3.8, 4) is 11.3 Å². The molecule has 132 valence electrons. The highest BCUT2D eigenvalue weighted by Crippen LogP contribution is 2.32. The molecule has 0 atom stereocenters. The first-order chi connectivity index (χ1) is 12.7. The molecule has 0 fully saturated rings. The fourth-order valence-electron chi connectivity index (χ4n) is 3.71. The summed E-state index contributed by atoms with van der Waals surface area (Å²) in [6, 6.07) is 17.9. The third-order valence-corrected chi connectivity index (χ3v) is 5.08. The normalized spacial score (nSPS) is 13.3. The first-order valence-electron chi connectivity index (χ1n) is 9.19. The Kier molecular flexibility index (Phi) is 4.57. The number of fused-ring (bicyclic) bond motifs is 1. The van der Waals surface area contributed by atoms with Gasteiger partial charge in [0.1, 0.15) is 0 Å². The number of aromatic amines is 1. The van der Waals surface area contributed by atoms with Crippen LogP contribution >= 0.6 is 0 Å². The molecule has 0 radical (unpaired) electrons. The Labute approximate surface area is 153 Å². The predicted octanol–water partition coefficient (Wildman–Crippen LogP) is 4.23. The van der Waals surface area contributed by atoms with Gasteiger partial charge in [0.05, 0.1) is 5.69 Å². The van der Waals surface area contributed by atoms with Gasteiger partial charge in [0.2, 0.25) is 0 Å². The van der Waals surface area contributed by atoms with Gasteiger partial charge in [-0.05, 0) is 37.3 Å². The van der Waals surface area contributed by atoms with Gasteiger partial charge in [0, 0.05) is 36.0 Å². The van der Waals surface area contributed by atoms with E-state index in [-0.39, 0.29) is 5.91 Å². The number of hydrogen-bond acceptors (Lipinski definition) is 2. The Morgan fingerprint density at radius 1 is 1.04 bits per heavy atom. The second-order valence-corrected chi connectivity index (χ2v) is 6.93. The number of carbonyl (C=O) groups excluding carboxylic acids is 1. The zero-order valence-corrected chi connectivity index (χ0v) is 15.0. The number of carbonyl (C=O) groups is 1. The second-order valence-electron chi connectivity index (χ2n) is 6.93. The molecule has 1 aliphatic carbocycles. The second kappa shape index (κ2) is 7.16. The molecule has 4 nitrogen and oxygen atoms in total. The predicted molar refractivity (Wildman–Crippen MR) is 103 cm³/mol. The molecular formula is C22H23N3O. The van der Waals surface area contributed by atoms with Crippen LogP contribution < -0.4 is 0 Å². The molecule has 1 aromatic heterocycles. The first-order valence-corrected chi connectivity index (χ1v) is 9.19. The summed E-state index contributed by atoms with van der Waals surface area (Å²) in [6.07, 6.45) is 4.47. The summed E-state index contributed by atoms with van der Waals surface area (Å²) in [7, 11) is 1.85. The number of H-pyrrole nitrogens is 1. The molecule has 1 N–H and O–H groups in total. The summed E-state index contributed by atoms with van der Waals surface area (Å²) in [5.41, 5.74) is 6.21. The quantitative estimate of drug-likeness (QED) is 0.769. The maximum Gasteiger partial charge on any atom is 0.254 e. The lowest BCUT2D eigenvalue weighted by atomic mass is 9.92. The Balaban J connectivity index is 1.65. The molecule has 0 saturated heterocycles. The van der Waals surface area contributed by atoms with E-state index in [1.165, 1.54) is 24.1 Å². The molecule has 3 aromatic rings. The van der Waals surface area contributed by atoms with Crippen LogP contribution in [0.3, 0.4) is 0 Å². The van der Waals surface area contributed by atoms with Crippen molar-refractivity contribution in [2.75, 3.05) is 7.05 Å². The number of nitrogens with one attached hydrogen (secondary N) is 1. The third-order valence-electron chi connectivity index (χ3n) is 5.08. The first kappa shape index (κ1) is 16.6. The maximum atomic E-state index is 13.1. The van der Waals surface area contributed by atoms with Crippen LogP contribution in [0.2, 0.25) is 0 Å². The van der Waals surface area contributed by atoms with Gasteiger partial charge < -0.3 is 4.90 Å². The van der Waals surface area contributed by atoms with Crippen LogP contribution in [0.15, 0.2) is 54.6 Å². The van der Waals surface area contributed by atoms with E-state index in [2.05, 4.69) is 10.2 Å². The SMILES string of the molecule is CN(Cc1ccccc1)C(=O)c1ccccc1-c1n[nH]c2c1CCCC2. The van der Waals surface area contributed by atoms with Crippen molar-refractivity contribution in [3.63, 3.8) is 0 Å². The van der Waals surface area contributed by atoms with E-state index < -0.39 is 0 Å². The van der Waals surface area contributed by atoms with Gasteiger partial charge in [-0.3, -0.25) is 9.89 Å².